The van der Waals surface area contributed by atoms with Gasteiger partial charge in [0.1, 0.15) is 5.75 Å². The summed E-state index contributed by atoms with van der Waals surface area (Å²) in [5.41, 5.74) is 12.7. The van der Waals surface area contributed by atoms with Gasteiger partial charge in [0.2, 0.25) is 0 Å². The van der Waals surface area contributed by atoms with Gasteiger partial charge in [0, 0.05) is 17.8 Å². The van der Waals surface area contributed by atoms with Crippen LogP contribution in [0.2, 0.25) is 0 Å². The molecule has 0 heterocycles. The third-order valence-electron chi connectivity index (χ3n) is 1.99. The van der Waals surface area contributed by atoms with Gasteiger partial charge in [0.15, 0.2) is 0 Å². The molecular weight excluding hydrogens is 190 g/mol. The Kier molecular flexibility index (Phi) is 3.24. The standard InChI is InChI=1S/C9H12F2N2O/c1-5-7(14-9(10)11)3-2-6(4-12)8(5)13/h2-3,9H,4,12-13H2,1H3. The molecule has 0 amide bonds. The average molecular weight is 202 g/mol. The fourth-order valence-electron chi connectivity index (χ4n) is 1.17. The van der Waals surface area contributed by atoms with Gasteiger partial charge in [0.05, 0.1) is 0 Å². The highest BCUT2D eigenvalue weighted by Crippen LogP contribution is 2.27. The van der Waals surface area contributed by atoms with Crippen molar-refractivity contribution in [1.29, 1.82) is 0 Å². The zero-order valence-corrected chi connectivity index (χ0v) is 7.76. The van der Waals surface area contributed by atoms with Crippen LogP contribution in [0.1, 0.15) is 11.1 Å². The summed E-state index contributed by atoms with van der Waals surface area (Å²) in [7, 11) is 0. The molecule has 0 saturated heterocycles. The smallest absolute Gasteiger partial charge is 0.387 e. The predicted molar refractivity (Wildman–Crippen MR) is 50.1 cm³/mol. The van der Waals surface area contributed by atoms with Crippen molar-refractivity contribution in [3.63, 3.8) is 0 Å². The lowest BCUT2D eigenvalue weighted by molar-refractivity contribution is -0.0502. The summed E-state index contributed by atoms with van der Waals surface area (Å²) >= 11 is 0. The Morgan fingerprint density at radius 3 is 2.57 bits per heavy atom. The van der Waals surface area contributed by atoms with Gasteiger partial charge >= 0.3 is 6.61 Å². The first-order valence-electron chi connectivity index (χ1n) is 4.09. The van der Waals surface area contributed by atoms with Gasteiger partial charge in [-0.2, -0.15) is 8.78 Å². The van der Waals surface area contributed by atoms with Crippen molar-refractivity contribution in [1.82, 2.24) is 0 Å². The van der Waals surface area contributed by atoms with E-state index in [0.717, 1.165) is 5.56 Å². The lowest BCUT2D eigenvalue weighted by Crippen LogP contribution is -2.07. The molecule has 0 aliphatic carbocycles. The number of alkyl halides is 2. The van der Waals surface area contributed by atoms with Gasteiger partial charge in [-0.25, -0.2) is 0 Å². The first-order chi connectivity index (χ1) is 6.56. The number of anilines is 1. The number of ether oxygens (including phenoxy) is 1. The minimum Gasteiger partial charge on any atom is -0.434 e. The van der Waals surface area contributed by atoms with Crippen molar-refractivity contribution in [2.45, 2.75) is 20.1 Å². The average Bonchev–Trinajstić information content (AvgIpc) is 2.13. The van der Waals surface area contributed by atoms with Crippen LogP contribution in [0.5, 0.6) is 5.75 Å². The van der Waals surface area contributed by atoms with E-state index in [1.165, 1.54) is 6.07 Å². The van der Waals surface area contributed by atoms with Crippen LogP contribution in [0.3, 0.4) is 0 Å². The van der Waals surface area contributed by atoms with E-state index in [-0.39, 0.29) is 12.3 Å². The van der Waals surface area contributed by atoms with Gasteiger partial charge in [-0.15, -0.1) is 0 Å². The zero-order valence-electron chi connectivity index (χ0n) is 7.76. The molecule has 4 N–H and O–H groups in total. The van der Waals surface area contributed by atoms with E-state index in [9.17, 15) is 8.78 Å². The van der Waals surface area contributed by atoms with Crippen molar-refractivity contribution < 1.29 is 13.5 Å². The molecule has 0 unspecified atom stereocenters. The molecule has 0 radical (unpaired) electrons. The van der Waals surface area contributed by atoms with Gasteiger partial charge in [-0.05, 0) is 18.6 Å². The van der Waals surface area contributed by atoms with E-state index >= 15 is 0 Å². The van der Waals surface area contributed by atoms with Crippen LogP contribution in [0.15, 0.2) is 12.1 Å². The summed E-state index contributed by atoms with van der Waals surface area (Å²) in [6, 6.07) is 3.03. The molecule has 0 aliphatic heterocycles. The second-order valence-corrected chi connectivity index (χ2v) is 2.84. The zero-order chi connectivity index (χ0) is 10.7. The first-order valence-corrected chi connectivity index (χ1v) is 4.09. The number of benzene rings is 1. The minimum absolute atomic E-state index is 0.0923. The molecule has 0 saturated carbocycles. The normalized spacial score (nSPS) is 10.6. The molecule has 0 bridgehead atoms. The van der Waals surface area contributed by atoms with Crippen molar-refractivity contribution in [3.8, 4) is 5.75 Å². The van der Waals surface area contributed by atoms with Crippen LogP contribution in [0.25, 0.3) is 0 Å². The largest absolute Gasteiger partial charge is 0.434 e. The van der Waals surface area contributed by atoms with Gasteiger partial charge in [-0.3, -0.25) is 0 Å². The molecule has 5 heteroatoms. The van der Waals surface area contributed by atoms with Crippen LogP contribution < -0.4 is 16.2 Å². The molecule has 3 nitrogen and oxygen atoms in total. The topological polar surface area (TPSA) is 61.3 Å². The second kappa shape index (κ2) is 4.23. The lowest BCUT2D eigenvalue weighted by atomic mass is 10.1. The summed E-state index contributed by atoms with van der Waals surface area (Å²) in [5, 5.41) is 0. The van der Waals surface area contributed by atoms with E-state index in [1.54, 1.807) is 13.0 Å². The number of rotatable bonds is 3. The molecule has 0 atom stereocenters. The molecule has 0 aromatic heterocycles. The molecule has 1 aromatic rings. The molecule has 0 spiro atoms. The summed E-state index contributed by atoms with van der Waals surface area (Å²) in [5.74, 6) is 0.0923. The SMILES string of the molecule is Cc1c(OC(F)F)ccc(CN)c1N. The maximum atomic E-state index is 11.9. The third-order valence-corrected chi connectivity index (χ3v) is 1.99. The highest BCUT2D eigenvalue weighted by molar-refractivity contribution is 5.59. The molecule has 0 aliphatic rings. The fraction of sp³-hybridized carbons (Fsp3) is 0.333. The number of hydrogen-bond donors (Lipinski definition) is 2. The molecule has 1 rings (SSSR count). The van der Waals surface area contributed by atoms with Crippen LogP contribution in [0, 0.1) is 6.92 Å². The van der Waals surface area contributed by atoms with E-state index in [1.807, 2.05) is 0 Å². The first kappa shape index (κ1) is 10.7. The van der Waals surface area contributed by atoms with Gasteiger partial charge < -0.3 is 16.2 Å². The maximum absolute atomic E-state index is 11.9. The number of nitrogen functional groups attached to an aromatic ring is 1. The van der Waals surface area contributed by atoms with E-state index in [2.05, 4.69) is 4.74 Å². The van der Waals surface area contributed by atoms with Crippen molar-refractivity contribution >= 4 is 5.69 Å². The van der Waals surface area contributed by atoms with Crippen LogP contribution >= 0.6 is 0 Å². The highest BCUT2D eigenvalue weighted by atomic mass is 19.3. The summed E-state index contributed by atoms with van der Waals surface area (Å²) in [6.45, 7) is -0.940. The number of hydrogen-bond acceptors (Lipinski definition) is 3. The second-order valence-electron chi connectivity index (χ2n) is 2.84. The molecule has 1 aromatic carbocycles. The lowest BCUT2D eigenvalue weighted by Gasteiger charge is -2.12. The summed E-state index contributed by atoms with van der Waals surface area (Å²) < 4.78 is 28.1. The Morgan fingerprint density at radius 2 is 2.07 bits per heavy atom. The summed E-state index contributed by atoms with van der Waals surface area (Å²) in [6.07, 6.45) is 0. The maximum Gasteiger partial charge on any atom is 0.387 e. The number of halogens is 2. The van der Waals surface area contributed by atoms with E-state index in [0.29, 0.717) is 11.3 Å². The molecule has 0 fully saturated rings. The predicted octanol–water partition coefficient (Wildman–Crippen LogP) is 1.64. The Morgan fingerprint density at radius 1 is 1.43 bits per heavy atom. The number of nitrogens with two attached hydrogens (primary N) is 2. The monoisotopic (exact) mass is 202 g/mol. The summed E-state index contributed by atoms with van der Waals surface area (Å²) in [4.78, 5) is 0. The van der Waals surface area contributed by atoms with Crippen molar-refractivity contribution in [2.75, 3.05) is 5.73 Å². The molecular formula is C9H12F2N2O. The van der Waals surface area contributed by atoms with Gasteiger partial charge in [-0.1, -0.05) is 6.07 Å². The van der Waals surface area contributed by atoms with Crippen LogP contribution in [0.4, 0.5) is 14.5 Å². The quantitative estimate of drug-likeness (QED) is 0.732. The molecule has 14 heavy (non-hydrogen) atoms. The Hall–Kier alpha value is -1.36. The third kappa shape index (κ3) is 2.11. The Bertz CT molecular complexity index is 329. The van der Waals surface area contributed by atoms with E-state index < -0.39 is 6.61 Å². The molecule has 78 valence electrons. The fourth-order valence-corrected chi connectivity index (χ4v) is 1.17. The van der Waals surface area contributed by atoms with Crippen molar-refractivity contribution in [3.05, 3.63) is 23.3 Å². The van der Waals surface area contributed by atoms with Gasteiger partial charge in [0.25, 0.3) is 0 Å². The minimum atomic E-state index is -2.84. The van der Waals surface area contributed by atoms with Crippen LogP contribution in [-0.2, 0) is 6.54 Å². The van der Waals surface area contributed by atoms with E-state index in [4.69, 9.17) is 11.5 Å². The Balaban J connectivity index is 3.04. The Labute approximate surface area is 80.7 Å². The van der Waals surface area contributed by atoms with Crippen LogP contribution in [-0.4, -0.2) is 6.61 Å². The highest BCUT2D eigenvalue weighted by Gasteiger charge is 2.10. The van der Waals surface area contributed by atoms with Crippen molar-refractivity contribution in [2.24, 2.45) is 5.73 Å².